The minimum absolute atomic E-state index is 0.0903. The number of nitrogens with two attached hydrogens (primary N) is 1. The van der Waals surface area contributed by atoms with E-state index >= 15 is 0 Å². The number of allylic oxidation sites excluding steroid dienone is 5. The molecule has 0 radical (unpaired) electrons. The van der Waals surface area contributed by atoms with Gasteiger partial charge in [-0.15, -0.1) is 0 Å². The molecule has 0 spiro atoms. The van der Waals surface area contributed by atoms with Crippen LogP contribution >= 0.6 is 0 Å². The molecule has 0 aliphatic heterocycles. The Hall–Kier alpha value is -2.91. The van der Waals surface area contributed by atoms with Crippen LogP contribution in [0.25, 0.3) is 0 Å². The summed E-state index contributed by atoms with van der Waals surface area (Å²) in [6.07, 6.45) is 5.42. The SMILES string of the molecule is CN(C)C1C(=O)C(C(N)=O)=C(O)C2(O)C(O)=C3C(=O)C4C(O)=CC=CC4CC3CC12. The lowest BCUT2D eigenvalue weighted by Crippen LogP contribution is -2.63. The van der Waals surface area contributed by atoms with Gasteiger partial charge < -0.3 is 26.2 Å². The van der Waals surface area contributed by atoms with Gasteiger partial charge in [-0.3, -0.25) is 19.3 Å². The normalized spacial score (nSPS) is 38.3. The molecule has 9 heteroatoms. The lowest BCUT2D eigenvalue weighted by atomic mass is 9.56. The van der Waals surface area contributed by atoms with Crippen molar-refractivity contribution in [3.8, 4) is 0 Å². The average molecular weight is 416 g/mol. The summed E-state index contributed by atoms with van der Waals surface area (Å²) >= 11 is 0. The summed E-state index contributed by atoms with van der Waals surface area (Å²) in [4.78, 5) is 39.5. The molecule has 0 aromatic rings. The lowest BCUT2D eigenvalue weighted by Gasteiger charge is -2.51. The second kappa shape index (κ2) is 6.55. The molecule has 160 valence electrons. The number of aliphatic hydroxyl groups excluding tert-OH is 3. The van der Waals surface area contributed by atoms with Crippen LogP contribution in [-0.4, -0.2) is 68.5 Å². The number of Topliss-reactive ketones (excluding diaryl/α,β-unsaturated/α-hetero) is 2. The van der Waals surface area contributed by atoms with Crippen LogP contribution in [0.3, 0.4) is 0 Å². The van der Waals surface area contributed by atoms with Crippen molar-refractivity contribution in [2.75, 3.05) is 14.1 Å². The molecular weight excluding hydrogens is 392 g/mol. The van der Waals surface area contributed by atoms with Gasteiger partial charge in [0.15, 0.2) is 17.2 Å². The highest BCUT2D eigenvalue weighted by molar-refractivity contribution is 6.22. The van der Waals surface area contributed by atoms with Gasteiger partial charge in [0, 0.05) is 11.5 Å². The summed E-state index contributed by atoms with van der Waals surface area (Å²) < 4.78 is 0. The number of carbonyl (C=O) groups excluding carboxylic acids is 3. The van der Waals surface area contributed by atoms with E-state index in [1.807, 2.05) is 6.08 Å². The molecule has 4 rings (SSSR count). The van der Waals surface area contributed by atoms with E-state index in [-0.39, 0.29) is 23.7 Å². The van der Waals surface area contributed by atoms with Crippen molar-refractivity contribution in [2.45, 2.75) is 24.5 Å². The van der Waals surface area contributed by atoms with Crippen LogP contribution in [0.4, 0.5) is 0 Å². The Morgan fingerprint density at radius 1 is 1.13 bits per heavy atom. The Labute approximate surface area is 172 Å². The first-order chi connectivity index (χ1) is 14.0. The predicted molar refractivity (Wildman–Crippen MR) is 104 cm³/mol. The minimum Gasteiger partial charge on any atom is -0.512 e. The van der Waals surface area contributed by atoms with Gasteiger partial charge in [-0.05, 0) is 44.8 Å². The van der Waals surface area contributed by atoms with Crippen LogP contribution in [-0.2, 0) is 14.4 Å². The van der Waals surface area contributed by atoms with Crippen LogP contribution < -0.4 is 5.73 Å². The Morgan fingerprint density at radius 3 is 2.40 bits per heavy atom. The van der Waals surface area contributed by atoms with Gasteiger partial charge in [-0.25, -0.2) is 0 Å². The number of likely N-dealkylation sites (N-methyl/N-ethyl adjacent to an activating group) is 1. The number of carbonyl (C=O) groups is 3. The van der Waals surface area contributed by atoms with Gasteiger partial charge in [0.25, 0.3) is 5.91 Å². The first kappa shape index (κ1) is 20.4. The number of ketones is 2. The monoisotopic (exact) mass is 416 g/mol. The molecule has 0 aromatic heterocycles. The molecular formula is C21H24N2O7. The van der Waals surface area contributed by atoms with Crippen molar-refractivity contribution in [3.63, 3.8) is 0 Å². The molecule has 4 aliphatic rings. The van der Waals surface area contributed by atoms with Crippen LogP contribution in [0.1, 0.15) is 12.8 Å². The summed E-state index contributed by atoms with van der Waals surface area (Å²) in [6, 6.07) is -1.04. The second-order valence-corrected chi connectivity index (χ2v) is 8.65. The van der Waals surface area contributed by atoms with Crippen LogP contribution in [0, 0.1) is 23.7 Å². The molecule has 30 heavy (non-hydrogen) atoms. The van der Waals surface area contributed by atoms with Crippen molar-refractivity contribution in [1.82, 2.24) is 4.90 Å². The number of amides is 1. The van der Waals surface area contributed by atoms with Crippen LogP contribution in [0.2, 0.25) is 0 Å². The van der Waals surface area contributed by atoms with Crippen LogP contribution in [0.15, 0.2) is 46.7 Å². The molecule has 0 saturated heterocycles. The van der Waals surface area contributed by atoms with Gasteiger partial charge in [-0.2, -0.15) is 0 Å². The van der Waals surface area contributed by atoms with Gasteiger partial charge in [0.05, 0.1) is 12.0 Å². The second-order valence-electron chi connectivity index (χ2n) is 8.65. The summed E-state index contributed by atoms with van der Waals surface area (Å²) in [5.74, 6) is -7.14. The highest BCUT2D eigenvalue weighted by Gasteiger charge is 2.63. The van der Waals surface area contributed by atoms with Gasteiger partial charge >= 0.3 is 0 Å². The van der Waals surface area contributed by atoms with Gasteiger partial charge in [-0.1, -0.05) is 12.2 Å². The Bertz CT molecular complexity index is 989. The van der Waals surface area contributed by atoms with E-state index in [2.05, 4.69) is 0 Å². The lowest BCUT2D eigenvalue weighted by molar-refractivity contribution is -0.138. The molecule has 1 fully saturated rings. The van der Waals surface area contributed by atoms with E-state index in [0.717, 1.165) is 0 Å². The fourth-order valence-electron chi connectivity index (χ4n) is 5.59. The maximum absolute atomic E-state index is 13.2. The van der Waals surface area contributed by atoms with E-state index in [1.54, 1.807) is 20.2 Å². The van der Waals surface area contributed by atoms with E-state index in [9.17, 15) is 34.8 Å². The molecule has 0 aromatic carbocycles. The van der Waals surface area contributed by atoms with Gasteiger partial charge in [0.1, 0.15) is 22.9 Å². The van der Waals surface area contributed by atoms with Crippen molar-refractivity contribution < 1.29 is 34.8 Å². The third kappa shape index (κ3) is 2.45. The third-order valence-corrected chi connectivity index (χ3v) is 6.87. The largest absolute Gasteiger partial charge is 0.512 e. The molecule has 0 bridgehead atoms. The van der Waals surface area contributed by atoms with E-state index < -0.39 is 64.0 Å². The molecule has 0 heterocycles. The number of primary amides is 1. The minimum atomic E-state index is -2.51. The van der Waals surface area contributed by atoms with E-state index in [0.29, 0.717) is 6.42 Å². The Kier molecular flexibility index (Phi) is 4.44. The number of aliphatic hydroxyl groups is 4. The van der Waals surface area contributed by atoms with E-state index in [4.69, 9.17) is 5.73 Å². The topological polar surface area (TPSA) is 161 Å². The maximum Gasteiger partial charge on any atom is 0.255 e. The first-order valence-corrected chi connectivity index (χ1v) is 9.73. The van der Waals surface area contributed by atoms with Crippen molar-refractivity contribution in [3.05, 3.63) is 46.7 Å². The molecule has 6 atom stereocenters. The number of hydrogen-bond donors (Lipinski definition) is 5. The first-order valence-electron chi connectivity index (χ1n) is 9.73. The van der Waals surface area contributed by atoms with Crippen molar-refractivity contribution in [1.29, 1.82) is 0 Å². The number of hydrogen-bond acceptors (Lipinski definition) is 8. The molecule has 1 amide bonds. The standard InChI is InChI=1S/C21H24N2O7/c1-23(2)15-10-7-9-6-8-4-3-5-11(24)12(8)16(25)13(9)18(27)21(10,30)19(28)14(17(15)26)20(22)29/h3-5,8-10,12,15,24,27-28,30H,6-7H2,1-2H3,(H2,22,29). The average Bonchev–Trinajstić information content (AvgIpc) is 2.64. The van der Waals surface area contributed by atoms with Gasteiger partial charge in [0.2, 0.25) is 0 Å². The smallest absolute Gasteiger partial charge is 0.255 e. The van der Waals surface area contributed by atoms with Crippen molar-refractivity contribution >= 4 is 17.5 Å². The zero-order valence-electron chi connectivity index (χ0n) is 16.6. The zero-order chi connectivity index (χ0) is 22.1. The van der Waals surface area contributed by atoms with Crippen molar-refractivity contribution in [2.24, 2.45) is 29.4 Å². The van der Waals surface area contributed by atoms with Crippen LogP contribution in [0.5, 0.6) is 0 Å². The van der Waals surface area contributed by atoms with E-state index in [1.165, 1.54) is 11.0 Å². The zero-order valence-corrected chi connectivity index (χ0v) is 16.6. The summed E-state index contributed by atoms with van der Waals surface area (Å²) in [6.45, 7) is 0. The maximum atomic E-state index is 13.2. The summed E-state index contributed by atoms with van der Waals surface area (Å²) in [7, 11) is 3.16. The molecule has 6 unspecified atom stereocenters. The highest BCUT2D eigenvalue weighted by atomic mass is 16.4. The predicted octanol–water partition coefficient (Wildman–Crippen LogP) is 0.193. The number of fused-ring (bicyclic) bond motifs is 3. The molecule has 4 aliphatic carbocycles. The fraction of sp³-hybridized carbons (Fsp3) is 0.476. The quantitative estimate of drug-likeness (QED) is 0.399. The summed E-state index contributed by atoms with van der Waals surface area (Å²) in [5, 5.41) is 43.5. The molecule has 9 nitrogen and oxygen atoms in total. The fourth-order valence-corrected chi connectivity index (χ4v) is 5.59. The summed E-state index contributed by atoms with van der Waals surface area (Å²) in [5.41, 5.74) is 1.89. The molecule has 6 N–H and O–H groups in total. The Morgan fingerprint density at radius 2 is 1.80 bits per heavy atom. The third-order valence-electron chi connectivity index (χ3n) is 6.87. The highest BCUT2D eigenvalue weighted by Crippen LogP contribution is 2.54. The Balaban J connectivity index is 1.94. The molecule has 1 saturated carbocycles. The number of rotatable bonds is 2. The number of nitrogens with zero attached hydrogens (tertiary/aromatic N) is 1.